The van der Waals surface area contributed by atoms with Crippen LogP contribution in [0.5, 0.6) is 0 Å². The lowest BCUT2D eigenvalue weighted by Gasteiger charge is -2.19. The van der Waals surface area contributed by atoms with Gasteiger partial charge in [0.1, 0.15) is 0 Å². The van der Waals surface area contributed by atoms with Crippen molar-refractivity contribution >= 4 is 0 Å². The number of hydrogen-bond acceptors (Lipinski definition) is 3. The van der Waals surface area contributed by atoms with Crippen LogP contribution in [0.2, 0.25) is 0 Å². The van der Waals surface area contributed by atoms with Crippen molar-refractivity contribution in [2.75, 3.05) is 13.2 Å². The first-order valence-corrected chi connectivity index (χ1v) is 16.9. The summed E-state index contributed by atoms with van der Waals surface area (Å²) in [5.41, 5.74) is 0. The quantitative estimate of drug-likeness (QED) is 0.0625. The van der Waals surface area contributed by atoms with Gasteiger partial charge in [0.25, 0.3) is 0 Å². The first kappa shape index (κ1) is 36.6. The fraction of sp³-hybridized carbons (Fsp3) is 0.941. The summed E-state index contributed by atoms with van der Waals surface area (Å²) in [4.78, 5) is 0. The van der Waals surface area contributed by atoms with Crippen LogP contribution in [0.4, 0.5) is 0 Å². The summed E-state index contributed by atoms with van der Waals surface area (Å²) in [5.74, 6) is 0. The maximum Gasteiger partial charge on any atom is 0.0896 e. The Kier molecular flexibility index (Phi) is 31.5. The van der Waals surface area contributed by atoms with Gasteiger partial charge in [-0.1, -0.05) is 174 Å². The van der Waals surface area contributed by atoms with Crippen LogP contribution in [-0.4, -0.2) is 35.5 Å². The van der Waals surface area contributed by atoms with Crippen LogP contribution in [0.25, 0.3) is 0 Å². The monoisotopic (exact) mass is 524 g/mol. The van der Waals surface area contributed by atoms with Crippen molar-refractivity contribution in [2.45, 2.75) is 193 Å². The highest BCUT2D eigenvalue weighted by atomic mass is 16.3. The summed E-state index contributed by atoms with van der Waals surface area (Å²) in [6, 6.07) is -0.240. The summed E-state index contributed by atoms with van der Waals surface area (Å²) >= 11 is 0. The second kappa shape index (κ2) is 31.8. The Morgan fingerprint density at radius 2 is 0.865 bits per heavy atom. The van der Waals surface area contributed by atoms with Gasteiger partial charge < -0.3 is 15.5 Å². The van der Waals surface area contributed by atoms with Gasteiger partial charge in [-0.2, -0.15) is 0 Å². The minimum Gasteiger partial charge on any atom is -0.395 e. The average molecular weight is 524 g/mol. The van der Waals surface area contributed by atoms with Crippen LogP contribution in [0.1, 0.15) is 181 Å². The van der Waals surface area contributed by atoms with E-state index in [0.717, 1.165) is 19.4 Å². The number of unbranched alkanes of at least 4 members (excludes halogenated alkanes) is 24. The molecule has 0 saturated carbocycles. The summed E-state index contributed by atoms with van der Waals surface area (Å²) < 4.78 is 0. The van der Waals surface area contributed by atoms with E-state index < -0.39 is 6.10 Å². The predicted molar refractivity (Wildman–Crippen MR) is 165 cm³/mol. The van der Waals surface area contributed by atoms with Gasteiger partial charge in [-0.15, -0.1) is 0 Å². The molecule has 3 heteroatoms. The van der Waals surface area contributed by atoms with Gasteiger partial charge in [0.05, 0.1) is 18.8 Å². The molecule has 222 valence electrons. The Morgan fingerprint density at radius 3 is 1.24 bits per heavy atom. The van der Waals surface area contributed by atoms with E-state index in [1.54, 1.807) is 0 Å². The molecule has 0 aliphatic carbocycles. The molecule has 1 unspecified atom stereocenters. The number of aliphatic hydroxyl groups excluding tert-OH is 2. The zero-order valence-electron chi connectivity index (χ0n) is 25.5. The van der Waals surface area contributed by atoms with Gasteiger partial charge in [-0.25, -0.2) is 0 Å². The van der Waals surface area contributed by atoms with Crippen molar-refractivity contribution in [3.05, 3.63) is 12.2 Å². The molecule has 0 aliphatic rings. The Bertz CT molecular complexity index is 440. The van der Waals surface area contributed by atoms with Gasteiger partial charge in [0.15, 0.2) is 0 Å². The van der Waals surface area contributed by atoms with E-state index in [-0.39, 0.29) is 12.6 Å². The highest BCUT2D eigenvalue weighted by molar-refractivity contribution is 4.94. The zero-order chi connectivity index (χ0) is 27.1. The van der Waals surface area contributed by atoms with E-state index in [9.17, 15) is 10.2 Å². The molecule has 0 spiro atoms. The minimum atomic E-state index is -0.593. The van der Waals surface area contributed by atoms with Crippen molar-refractivity contribution in [1.82, 2.24) is 5.32 Å². The van der Waals surface area contributed by atoms with Crippen LogP contribution in [0, 0.1) is 0 Å². The normalized spacial score (nSPS) is 13.5. The third-order valence-electron chi connectivity index (χ3n) is 7.85. The highest BCUT2D eigenvalue weighted by Gasteiger charge is 2.14. The topological polar surface area (TPSA) is 52.5 Å². The molecule has 0 aromatic carbocycles. The zero-order valence-corrected chi connectivity index (χ0v) is 25.5. The van der Waals surface area contributed by atoms with Crippen LogP contribution < -0.4 is 5.32 Å². The Labute approximate surface area is 233 Å². The second-order valence-corrected chi connectivity index (χ2v) is 11.6. The van der Waals surface area contributed by atoms with Crippen molar-refractivity contribution in [2.24, 2.45) is 0 Å². The SMILES string of the molecule is CCCCCCCCCCCCC/C=C/[C@@H](O)C(CO)NCCCCCCCCCCCCCCCC. The minimum absolute atomic E-state index is 0.0114. The van der Waals surface area contributed by atoms with Crippen molar-refractivity contribution < 1.29 is 10.2 Å². The molecule has 0 aromatic rings. The lowest BCUT2D eigenvalue weighted by Crippen LogP contribution is -2.42. The average Bonchev–Trinajstić information content (AvgIpc) is 2.91. The van der Waals surface area contributed by atoms with Crippen LogP contribution in [0.3, 0.4) is 0 Å². The molecule has 0 aromatic heterocycles. The smallest absolute Gasteiger partial charge is 0.0896 e. The Morgan fingerprint density at radius 1 is 0.514 bits per heavy atom. The van der Waals surface area contributed by atoms with Gasteiger partial charge in [0, 0.05) is 0 Å². The predicted octanol–water partition coefficient (Wildman–Crippen LogP) is 10.0. The molecule has 0 bridgehead atoms. The number of aliphatic hydroxyl groups is 2. The van der Waals surface area contributed by atoms with Crippen LogP contribution in [-0.2, 0) is 0 Å². The summed E-state index contributed by atoms with van der Waals surface area (Å²) in [7, 11) is 0. The molecule has 0 fully saturated rings. The maximum atomic E-state index is 10.4. The fourth-order valence-corrected chi connectivity index (χ4v) is 5.20. The number of nitrogens with one attached hydrogen (secondary N) is 1. The van der Waals surface area contributed by atoms with Crippen molar-refractivity contribution in [3.8, 4) is 0 Å². The van der Waals surface area contributed by atoms with E-state index in [1.165, 1.54) is 154 Å². The summed E-state index contributed by atoms with van der Waals surface area (Å²) in [6.45, 7) is 5.43. The molecule has 0 heterocycles. The molecule has 3 nitrogen and oxygen atoms in total. The molecule has 0 amide bonds. The third kappa shape index (κ3) is 28.4. The molecule has 3 N–H and O–H groups in total. The van der Waals surface area contributed by atoms with Crippen molar-refractivity contribution in [3.63, 3.8) is 0 Å². The summed E-state index contributed by atoms with van der Waals surface area (Å²) in [6.07, 6.45) is 38.6. The van der Waals surface area contributed by atoms with Gasteiger partial charge in [-0.05, 0) is 25.8 Å². The fourth-order valence-electron chi connectivity index (χ4n) is 5.20. The molecular weight excluding hydrogens is 454 g/mol. The highest BCUT2D eigenvalue weighted by Crippen LogP contribution is 2.14. The molecule has 37 heavy (non-hydrogen) atoms. The molecule has 0 rings (SSSR count). The lowest BCUT2D eigenvalue weighted by molar-refractivity contribution is 0.123. The standard InChI is InChI=1S/C34H69NO2/c1-3-5-7-9-11-13-15-17-19-21-23-25-27-29-31-35-33(32-36)34(37)30-28-26-24-22-20-18-16-14-12-10-8-6-4-2/h28,30,33-37H,3-27,29,31-32H2,1-2H3/b30-28+/t33?,34-/m1/s1. The molecule has 0 saturated heterocycles. The largest absolute Gasteiger partial charge is 0.395 e. The number of allylic oxidation sites excluding steroid dienone is 1. The number of hydrogen-bond donors (Lipinski definition) is 3. The Balaban J connectivity index is 3.48. The lowest BCUT2D eigenvalue weighted by atomic mass is 10.0. The van der Waals surface area contributed by atoms with Gasteiger partial charge in [-0.3, -0.25) is 0 Å². The van der Waals surface area contributed by atoms with E-state index in [0.29, 0.717) is 0 Å². The van der Waals surface area contributed by atoms with E-state index in [1.807, 2.05) is 6.08 Å². The first-order chi connectivity index (χ1) is 18.3. The number of rotatable bonds is 31. The second-order valence-electron chi connectivity index (χ2n) is 11.6. The third-order valence-corrected chi connectivity index (χ3v) is 7.85. The van der Waals surface area contributed by atoms with Gasteiger partial charge in [0.2, 0.25) is 0 Å². The van der Waals surface area contributed by atoms with E-state index in [4.69, 9.17) is 0 Å². The van der Waals surface area contributed by atoms with E-state index >= 15 is 0 Å². The molecular formula is C34H69NO2. The summed E-state index contributed by atoms with van der Waals surface area (Å²) in [5, 5.41) is 23.4. The van der Waals surface area contributed by atoms with Crippen LogP contribution >= 0.6 is 0 Å². The van der Waals surface area contributed by atoms with E-state index in [2.05, 4.69) is 25.2 Å². The van der Waals surface area contributed by atoms with Crippen LogP contribution in [0.15, 0.2) is 12.2 Å². The van der Waals surface area contributed by atoms with Crippen molar-refractivity contribution in [1.29, 1.82) is 0 Å². The molecule has 0 aliphatic heterocycles. The van der Waals surface area contributed by atoms with Gasteiger partial charge >= 0.3 is 0 Å². The first-order valence-electron chi connectivity index (χ1n) is 16.9. The molecule has 0 radical (unpaired) electrons. The Hall–Kier alpha value is -0.380. The maximum absolute atomic E-state index is 10.4. The molecule has 2 atom stereocenters.